The molecule has 4 heteroatoms. The maximum Gasteiger partial charge on any atom is 0.0717 e. The van der Waals surface area contributed by atoms with Crippen molar-refractivity contribution in [3.63, 3.8) is 0 Å². The molecule has 4 rings (SSSR count). The molecule has 0 radical (unpaired) electrons. The van der Waals surface area contributed by atoms with E-state index in [1.54, 1.807) is 6.20 Å². The summed E-state index contributed by atoms with van der Waals surface area (Å²) in [6.07, 6.45) is 11.1. The second-order valence-electron chi connectivity index (χ2n) is 7.76. The highest BCUT2D eigenvalue weighted by molar-refractivity contribution is 5.70. The molecule has 31 heavy (non-hydrogen) atoms. The molecule has 166 valence electrons. The molecule has 3 aromatic rings. The van der Waals surface area contributed by atoms with Gasteiger partial charge in [-0.3, -0.25) is 0 Å². The summed E-state index contributed by atoms with van der Waals surface area (Å²) < 4.78 is 1.94. The van der Waals surface area contributed by atoms with Crippen molar-refractivity contribution in [2.75, 3.05) is 18.9 Å². The van der Waals surface area contributed by atoms with E-state index in [4.69, 9.17) is 0 Å². The van der Waals surface area contributed by atoms with Gasteiger partial charge in [0.2, 0.25) is 0 Å². The highest BCUT2D eigenvalue weighted by atomic mass is 15.2. The second kappa shape index (κ2) is 12.1. The predicted molar refractivity (Wildman–Crippen MR) is 136 cm³/mol. The molecule has 0 saturated carbocycles. The number of likely N-dealkylation sites (tertiary alicyclic amines) is 1. The van der Waals surface area contributed by atoms with Crippen LogP contribution in [0.1, 0.15) is 55.9 Å². The molecule has 1 N–H and O–H groups in total. The molecular weight excluding hydrogens is 380 g/mol. The molecule has 1 aliphatic rings. The smallest absolute Gasteiger partial charge is 0.0717 e. The Kier molecular flexibility index (Phi) is 9.54. The lowest BCUT2D eigenvalue weighted by Crippen LogP contribution is -2.20. The first-order valence-corrected chi connectivity index (χ1v) is 11.3. The van der Waals surface area contributed by atoms with Gasteiger partial charge < -0.3 is 10.2 Å². The number of hydrogen-bond acceptors (Lipinski definition) is 3. The molecule has 4 nitrogen and oxygen atoms in total. The van der Waals surface area contributed by atoms with Crippen LogP contribution in [0.15, 0.2) is 62.1 Å². The number of nitrogens with one attached hydrogen (secondary N) is 1. The predicted octanol–water partition coefficient (Wildman–Crippen LogP) is 6.56. The summed E-state index contributed by atoms with van der Waals surface area (Å²) in [5, 5.41) is 7.49. The van der Waals surface area contributed by atoms with Crippen molar-refractivity contribution < 1.29 is 0 Å². The highest BCUT2D eigenvalue weighted by Gasteiger charge is 2.14. The summed E-state index contributed by atoms with van der Waals surface area (Å²) in [5.74, 6) is 0. The van der Waals surface area contributed by atoms with Crippen LogP contribution in [-0.4, -0.2) is 34.1 Å². The fourth-order valence-electron chi connectivity index (χ4n) is 3.84. The van der Waals surface area contributed by atoms with Crippen LogP contribution in [0.5, 0.6) is 0 Å². The van der Waals surface area contributed by atoms with Gasteiger partial charge in [-0.15, -0.1) is 0 Å². The highest BCUT2D eigenvalue weighted by Crippen LogP contribution is 2.23. The molecule has 1 fully saturated rings. The summed E-state index contributed by atoms with van der Waals surface area (Å²) in [4.78, 5) is 2.40. The average molecular weight is 419 g/mol. The van der Waals surface area contributed by atoms with Crippen LogP contribution in [0, 0.1) is 6.92 Å². The molecule has 1 atom stereocenters. The van der Waals surface area contributed by atoms with Crippen molar-refractivity contribution in [1.82, 2.24) is 14.5 Å². The zero-order valence-corrected chi connectivity index (χ0v) is 19.9. The van der Waals surface area contributed by atoms with E-state index in [9.17, 15) is 0 Å². The normalized spacial score (nSPS) is 15.5. The Labute approximate surface area is 188 Å². The van der Waals surface area contributed by atoms with Crippen LogP contribution in [0.2, 0.25) is 0 Å². The largest absolute Gasteiger partial charge is 0.362 e. The minimum Gasteiger partial charge on any atom is -0.362 e. The van der Waals surface area contributed by atoms with Gasteiger partial charge in [-0.25, -0.2) is 4.52 Å². The molecule has 1 aromatic carbocycles. The number of anilines is 1. The van der Waals surface area contributed by atoms with Crippen molar-refractivity contribution in [2.24, 2.45) is 0 Å². The molecule has 0 aliphatic carbocycles. The van der Waals surface area contributed by atoms with Gasteiger partial charge in [-0.2, -0.15) is 5.10 Å². The molecule has 1 saturated heterocycles. The molecule has 3 heterocycles. The number of nitrogens with zero attached hydrogens (tertiary/aromatic N) is 3. The number of aromatic nitrogens is 2. The van der Waals surface area contributed by atoms with E-state index in [1.165, 1.54) is 41.6 Å². The standard InChI is InChI=1S/C19H19N3.C6H13N.C2H6/c1-4-16-13-22-19(14(16)3)17(10-11-21-22)12-15-6-8-18(9-7-15)20-5-2;1-6-4-3-5-7(6)2;1-2/h4-11,13,20H,1-2,12H2,3H3;6H,3-5H2,1-2H3;1-2H3. The van der Waals surface area contributed by atoms with E-state index in [2.05, 4.69) is 79.7 Å². The lowest BCUT2D eigenvalue weighted by Gasteiger charge is -2.12. The lowest BCUT2D eigenvalue weighted by atomic mass is 10.0. The average Bonchev–Trinajstić information content (AvgIpc) is 3.33. The number of benzene rings is 1. The number of aryl methyl sites for hydroxylation is 1. The zero-order valence-electron chi connectivity index (χ0n) is 19.9. The molecule has 0 amide bonds. The van der Waals surface area contributed by atoms with Gasteiger partial charge in [0.05, 0.1) is 5.52 Å². The Morgan fingerprint density at radius 1 is 1.16 bits per heavy atom. The summed E-state index contributed by atoms with van der Waals surface area (Å²) >= 11 is 0. The summed E-state index contributed by atoms with van der Waals surface area (Å²) in [6.45, 7) is 17.3. The van der Waals surface area contributed by atoms with Gasteiger partial charge in [0.25, 0.3) is 0 Å². The van der Waals surface area contributed by atoms with E-state index in [0.717, 1.165) is 23.7 Å². The van der Waals surface area contributed by atoms with Crippen molar-refractivity contribution in [1.29, 1.82) is 0 Å². The van der Waals surface area contributed by atoms with Gasteiger partial charge in [0.15, 0.2) is 0 Å². The molecule has 1 aliphatic heterocycles. The van der Waals surface area contributed by atoms with E-state index < -0.39 is 0 Å². The summed E-state index contributed by atoms with van der Waals surface area (Å²) in [6, 6.07) is 11.3. The number of fused-ring (bicyclic) bond motifs is 1. The SMILES string of the molecule is C=CNc1ccc(Cc2ccnn3cc(C=C)c(C)c23)cc1.CC.CC1CCCN1C. The van der Waals surface area contributed by atoms with Crippen LogP contribution in [0.25, 0.3) is 11.6 Å². The van der Waals surface area contributed by atoms with Crippen molar-refractivity contribution in [3.05, 3.63) is 84.3 Å². The first kappa shape index (κ1) is 24.4. The molecule has 1 unspecified atom stereocenters. The fourth-order valence-corrected chi connectivity index (χ4v) is 3.84. The van der Waals surface area contributed by atoms with Crippen LogP contribution < -0.4 is 5.32 Å². The Morgan fingerprint density at radius 2 is 1.87 bits per heavy atom. The van der Waals surface area contributed by atoms with Crippen molar-refractivity contribution in [3.8, 4) is 0 Å². The number of hydrogen-bond donors (Lipinski definition) is 1. The molecule has 2 aromatic heterocycles. The number of rotatable bonds is 5. The zero-order chi connectivity index (χ0) is 22.8. The molecule has 0 spiro atoms. The summed E-state index contributed by atoms with van der Waals surface area (Å²) in [7, 11) is 2.19. The van der Waals surface area contributed by atoms with Gasteiger partial charge in [0, 0.05) is 24.1 Å². The van der Waals surface area contributed by atoms with Crippen LogP contribution >= 0.6 is 0 Å². The van der Waals surface area contributed by atoms with E-state index in [0.29, 0.717) is 0 Å². The topological polar surface area (TPSA) is 32.6 Å². The fraction of sp³-hybridized carbons (Fsp3) is 0.370. The molecule has 0 bridgehead atoms. The minimum absolute atomic E-state index is 0.847. The van der Waals surface area contributed by atoms with Gasteiger partial charge in [0.1, 0.15) is 0 Å². The summed E-state index contributed by atoms with van der Waals surface area (Å²) in [5.41, 5.74) is 7.11. The van der Waals surface area contributed by atoms with E-state index in [-0.39, 0.29) is 0 Å². The van der Waals surface area contributed by atoms with E-state index in [1.807, 2.05) is 36.8 Å². The van der Waals surface area contributed by atoms with Gasteiger partial charge in [-0.05, 0) is 93.4 Å². The Morgan fingerprint density at radius 3 is 2.39 bits per heavy atom. The Bertz CT molecular complexity index is 961. The third kappa shape index (κ3) is 6.31. The minimum atomic E-state index is 0.847. The maximum absolute atomic E-state index is 4.40. The monoisotopic (exact) mass is 418 g/mol. The van der Waals surface area contributed by atoms with Crippen molar-refractivity contribution in [2.45, 2.75) is 53.0 Å². The Balaban J connectivity index is 0.000000319. The third-order valence-corrected chi connectivity index (χ3v) is 5.77. The van der Waals surface area contributed by atoms with Gasteiger partial charge >= 0.3 is 0 Å². The first-order valence-electron chi connectivity index (χ1n) is 11.3. The van der Waals surface area contributed by atoms with Crippen LogP contribution in [0.4, 0.5) is 5.69 Å². The molecular formula is C27H38N4. The van der Waals surface area contributed by atoms with Crippen molar-refractivity contribution >= 4 is 17.3 Å². The Hall–Kier alpha value is -2.85. The van der Waals surface area contributed by atoms with Gasteiger partial charge in [-0.1, -0.05) is 45.2 Å². The second-order valence-corrected chi connectivity index (χ2v) is 7.76. The van der Waals surface area contributed by atoms with E-state index >= 15 is 0 Å². The quantitative estimate of drug-likeness (QED) is 0.509. The lowest BCUT2D eigenvalue weighted by molar-refractivity contribution is 0.331. The maximum atomic E-state index is 4.40. The van der Waals surface area contributed by atoms with Crippen LogP contribution in [0.3, 0.4) is 0 Å². The van der Waals surface area contributed by atoms with Crippen LogP contribution in [-0.2, 0) is 6.42 Å². The first-order chi connectivity index (χ1) is 15.0. The third-order valence-electron chi connectivity index (χ3n) is 5.77.